The van der Waals surface area contributed by atoms with E-state index in [2.05, 4.69) is 22.2 Å². The van der Waals surface area contributed by atoms with Gasteiger partial charge >= 0.3 is 35.3 Å². The number of fused-ring (bicyclic) bond motifs is 1. The van der Waals surface area contributed by atoms with Crippen LogP contribution in [-0.2, 0) is 16.5 Å². The predicted octanol–water partition coefficient (Wildman–Crippen LogP) is 4.84. The van der Waals surface area contributed by atoms with Gasteiger partial charge in [0.05, 0.1) is 5.52 Å². The minimum atomic E-state index is -0.472. The Bertz CT molecular complexity index is 581. The van der Waals surface area contributed by atoms with E-state index in [9.17, 15) is 0 Å². The van der Waals surface area contributed by atoms with E-state index in [0.29, 0.717) is 5.02 Å². The molecule has 2 aromatic rings. The summed E-state index contributed by atoms with van der Waals surface area (Å²) in [6.07, 6.45) is 4.73. The average molecular weight is 542 g/mol. The molecule has 22 heavy (non-hydrogen) atoms. The number of aromatic nitrogens is 1. The van der Waals surface area contributed by atoms with E-state index in [1.54, 1.807) is 6.20 Å². The number of rotatable bonds is 7. The van der Waals surface area contributed by atoms with Gasteiger partial charge in [0.1, 0.15) is 0 Å². The first-order valence-corrected chi connectivity index (χ1v) is 12.7. The summed E-state index contributed by atoms with van der Waals surface area (Å²) >= 11 is 5.50. The molecular weight excluding hydrogens is 524 g/mol. The van der Waals surface area contributed by atoms with Crippen molar-refractivity contribution in [2.45, 2.75) is 6.42 Å². The second-order valence-electron chi connectivity index (χ2n) is 4.34. The van der Waals surface area contributed by atoms with Crippen molar-refractivity contribution in [3.8, 4) is 0 Å². The van der Waals surface area contributed by atoms with E-state index >= 15 is 0 Å². The second kappa shape index (κ2) is 12.2. The second-order valence-corrected chi connectivity index (χ2v) is 8.06. The fourth-order valence-electron chi connectivity index (χ4n) is 1.92. The summed E-state index contributed by atoms with van der Waals surface area (Å²) < 4.78 is 0. The van der Waals surface area contributed by atoms with E-state index in [0.717, 1.165) is 42.6 Å². The van der Waals surface area contributed by atoms with Crippen molar-refractivity contribution < 1.29 is 16.5 Å². The summed E-state index contributed by atoms with van der Waals surface area (Å²) in [6, 6.07) is 7.77. The summed E-state index contributed by atoms with van der Waals surface area (Å²) in [5.41, 5.74) is 2.02. The molecule has 0 aliphatic carbocycles. The molecule has 1 aromatic carbocycles. The summed E-state index contributed by atoms with van der Waals surface area (Å²) in [7, 11) is 9.75. The van der Waals surface area contributed by atoms with Crippen LogP contribution in [-0.4, -0.2) is 24.6 Å². The molecule has 0 amide bonds. The fourth-order valence-corrected chi connectivity index (χ4v) is 2.08. The Morgan fingerprint density at radius 1 is 1.23 bits per heavy atom. The maximum absolute atomic E-state index is 5.97. The molecule has 0 unspecified atom stereocenters. The Morgan fingerprint density at radius 3 is 2.73 bits per heavy atom. The van der Waals surface area contributed by atoms with Crippen LogP contribution >= 0.6 is 30.4 Å². The Morgan fingerprint density at radius 2 is 2.00 bits per heavy atom. The van der Waals surface area contributed by atoms with E-state index in [1.807, 2.05) is 30.3 Å². The normalized spacial score (nSPS) is 10.1. The van der Waals surface area contributed by atoms with Crippen molar-refractivity contribution in [1.82, 2.24) is 10.3 Å². The van der Waals surface area contributed by atoms with Crippen molar-refractivity contribution in [3.05, 3.63) is 48.1 Å². The number of hydrogen-bond acceptors (Lipinski definition) is 3. The van der Waals surface area contributed by atoms with Gasteiger partial charge in [0, 0.05) is 35.4 Å². The monoisotopic (exact) mass is 540 g/mol. The van der Waals surface area contributed by atoms with Crippen LogP contribution < -0.4 is 10.6 Å². The van der Waals surface area contributed by atoms with E-state index in [-0.39, 0.29) is 0 Å². The Kier molecular flexibility index (Phi) is 10.9. The molecule has 0 saturated heterocycles. The third-order valence-electron chi connectivity index (χ3n) is 2.84. The summed E-state index contributed by atoms with van der Waals surface area (Å²) in [4.78, 5) is 4.32. The zero-order valence-corrected chi connectivity index (χ0v) is 16.4. The number of hydrogen-bond donors (Lipinski definition) is 2. The van der Waals surface area contributed by atoms with Gasteiger partial charge in [0.15, 0.2) is 0 Å². The zero-order chi connectivity index (χ0) is 16.2. The van der Waals surface area contributed by atoms with Crippen molar-refractivity contribution in [1.29, 1.82) is 0 Å². The van der Waals surface area contributed by atoms with Gasteiger partial charge in [0.25, 0.3) is 0 Å². The van der Waals surface area contributed by atoms with Crippen LogP contribution in [0.15, 0.2) is 43.1 Å². The number of nitrogens with one attached hydrogen (secondary N) is 2. The molecule has 0 radical (unpaired) electrons. The van der Waals surface area contributed by atoms with E-state index in [1.165, 1.54) is 0 Å². The van der Waals surface area contributed by atoms with Crippen LogP contribution in [0.3, 0.4) is 0 Å². The minimum absolute atomic E-state index is 0.472. The van der Waals surface area contributed by atoms with Crippen molar-refractivity contribution >= 4 is 47.0 Å². The SMILES string of the molecule is C=CCNCCCNc1ccnc2cc(Cl)ccc12.[Cl][Pt][Cl]. The molecule has 2 N–H and O–H groups in total. The van der Waals surface area contributed by atoms with Gasteiger partial charge in [-0.25, -0.2) is 0 Å². The standard InChI is InChI=1S/C15H18ClN3.2ClH.Pt/c1-2-7-17-8-3-9-18-14-6-10-19-15-11-12(16)4-5-13(14)15;;;/h2,4-6,10-11,17H,1,3,7-9H2,(H,18,19);2*1H;/q;;;+2/p-2. The zero-order valence-electron chi connectivity index (χ0n) is 11.9. The number of halogens is 3. The number of anilines is 1. The molecule has 0 saturated carbocycles. The molecule has 124 valence electrons. The molecule has 0 aliphatic rings. The van der Waals surface area contributed by atoms with Crippen molar-refractivity contribution in [2.24, 2.45) is 0 Å². The van der Waals surface area contributed by atoms with Crippen LogP contribution in [0.1, 0.15) is 6.42 Å². The first kappa shape index (κ1) is 19.7. The average Bonchev–Trinajstić information content (AvgIpc) is 2.51. The van der Waals surface area contributed by atoms with Gasteiger partial charge in [-0.15, -0.1) is 6.58 Å². The summed E-state index contributed by atoms with van der Waals surface area (Å²) in [5, 5.41) is 8.53. The molecular formula is C15H18Cl3N3Pt. The fraction of sp³-hybridized carbons (Fsp3) is 0.267. The van der Waals surface area contributed by atoms with Crippen LogP contribution in [0.5, 0.6) is 0 Å². The number of pyridine rings is 1. The van der Waals surface area contributed by atoms with Crippen LogP contribution in [0.4, 0.5) is 5.69 Å². The van der Waals surface area contributed by atoms with Crippen molar-refractivity contribution in [3.63, 3.8) is 0 Å². The van der Waals surface area contributed by atoms with Gasteiger partial charge < -0.3 is 10.6 Å². The Labute approximate surface area is 152 Å². The van der Waals surface area contributed by atoms with Gasteiger partial charge in [-0.05, 0) is 37.2 Å². The molecule has 0 atom stereocenters. The van der Waals surface area contributed by atoms with Crippen molar-refractivity contribution in [2.75, 3.05) is 25.0 Å². The predicted molar refractivity (Wildman–Crippen MR) is 94.6 cm³/mol. The topological polar surface area (TPSA) is 37.0 Å². The third-order valence-corrected chi connectivity index (χ3v) is 3.07. The maximum atomic E-state index is 5.97. The molecule has 0 spiro atoms. The molecule has 0 aliphatic heterocycles. The summed E-state index contributed by atoms with van der Waals surface area (Å²) in [6.45, 7) is 6.43. The molecule has 7 heteroatoms. The first-order valence-electron chi connectivity index (χ1n) is 6.65. The van der Waals surface area contributed by atoms with E-state index < -0.39 is 16.5 Å². The van der Waals surface area contributed by atoms with Crippen LogP contribution in [0.2, 0.25) is 5.02 Å². The van der Waals surface area contributed by atoms with Crippen LogP contribution in [0.25, 0.3) is 10.9 Å². The molecule has 1 heterocycles. The summed E-state index contributed by atoms with van der Waals surface area (Å²) in [5.74, 6) is 0. The third kappa shape index (κ3) is 7.30. The Hall–Kier alpha value is -0.312. The number of benzene rings is 1. The van der Waals surface area contributed by atoms with Gasteiger partial charge in [-0.2, -0.15) is 0 Å². The molecule has 0 fully saturated rings. The van der Waals surface area contributed by atoms with Gasteiger partial charge in [-0.1, -0.05) is 17.7 Å². The quantitative estimate of drug-likeness (QED) is 0.389. The van der Waals surface area contributed by atoms with E-state index in [4.69, 9.17) is 30.4 Å². The van der Waals surface area contributed by atoms with Crippen LogP contribution in [0, 0.1) is 0 Å². The molecule has 1 aromatic heterocycles. The van der Waals surface area contributed by atoms with Gasteiger partial charge in [0.2, 0.25) is 0 Å². The Balaban J connectivity index is 0.000000745. The number of nitrogens with zero attached hydrogens (tertiary/aromatic N) is 1. The van der Waals surface area contributed by atoms with Gasteiger partial charge in [-0.3, -0.25) is 4.98 Å². The molecule has 2 rings (SSSR count). The molecule has 0 bridgehead atoms. The first-order chi connectivity index (χ1) is 10.7. The molecule has 3 nitrogen and oxygen atoms in total.